The molecule has 0 saturated heterocycles. The minimum atomic E-state index is 0.386. The fourth-order valence-corrected chi connectivity index (χ4v) is 1.92. The Morgan fingerprint density at radius 1 is 1.10 bits per heavy atom. The van der Waals surface area contributed by atoms with Gasteiger partial charge in [-0.05, 0) is 29.8 Å². The zero-order chi connectivity index (χ0) is 13.9. The zero-order valence-corrected chi connectivity index (χ0v) is 10.6. The van der Waals surface area contributed by atoms with Gasteiger partial charge in [-0.1, -0.05) is 12.1 Å². The van der Waals surface area contributed by atoms with Crippen molar-refractivity contribution in [3.05, 3.63) is 60.7 Å². The molecule has 0 amide bonds. The topological polar surface area (TPSA) is 80.5 Å². The van der Waals surface area contributed by atoms with E-state index in [2.05, 4.69) is 10.1 Å². The average molecular weight is 261 g/mol. The summed E-state index contributed by atoms with van der Waals surface area (Å²) in [5.41, 5.74) is 9.67. The molecule has 0 atom stereocenters. The van der Waals surface area contributed by atoms with Crippen LogP contribution in [0.3, 0.4) is 0 Å². The Kier molecular flexibility index (Phi) is 2.90. The van der Waals surface area contributed by atoms with Gasteiger partial charge in [0.2, 0.25) is 0 Å². The van der Waals surface area contributed by atoms with Gasteiger partial charge in [-0.2, -0.15) is 10.4 Å². The van der Waals surface area contributed by atoms with Gasteiger partial charge in [0.15, 0.2) is 0 Å². The number of anilines is 1. The monoisotopic (exact) mass is 261 g/mol. The van der Waals surface area contributed by atoms with Gasteiger partial charge < -0.3 is 5.73 Å². The molecule has 0 bridgehead atoms. The van der Waals surface area contributed by atoms with Crippen LogP contribution in [0, 0.1) is 11.3 Å². The summed E-state index contributed by atoms with van der Waals surface area (Å²) < 4.78 is 1.71. The van der Waals surface area contributed by atoms with E-state index in [1.807, 2.05) is 42.6 Å². The van der Waals surface area contributed by atoms with Crippen molar-refractivity contribution in [1.82, 2.24) is 14.8 Å². The minimum Gasteiger partial charge on any atom is -0.399 e. The fraction of sp³-hybridized carbons (Fsp3) is 0. The van der Waals surface area contributed by atoms with Crippen LogP contribution in [-0.4, -0.2) is 14.8 Å². The van der Waals surface area contributed by atoms with E-state index in [1.165, 1.54) is 0 Å². The smallest absolute Gasteiger partial charge is 0.140 e. The lowest BCUT2D eigenvalue weighted by Gasteiger charge is -2.00. The molecule has 1 aromatic carbocycles. The highest BCUT2D eigenvalue weighted by molar-refractivity contribution is 5.66. The summed E-state index contributed by atoms with van der Waals surface area (Å²) >= 11 is 0. The number of aromatic nitrogens is 3. The van der Waals surface area contributed by atoms with Crippen molar-refractivity contribution in [3.8, 4) is 22.9 Å². The van der Waals surface area contributed by atoms with Gasteiger partial charge in [-0.3, -0.25) is 0 Å². The highest BCUT2D eigenvalue weighted by atomic mass is 15.3. The van der Waals surface area contributed by atoms with Crippen LogP contribution in [-0.2, 0) is 0 Å². The molecule has 3 rings (SSSR count). The third-order valence-electron chi connectivity index (χ3n) is 2.93. The van der Waals surface area contributed by atoms with Gasteiger partial charge in [0, 0.05) is 17.4 Å². The summed E-state index contributed by atoms with van der Waals surface area (Å²) in [5, 5.41) is 13.0. The number of hydrogen-bond donors (Lipinski definition) is 1. The highest BCUT2D eigenvalue weighted by Crippen LogP contribution is 2.21. The van der Waals surface area contributed by atoms with Crippen molar-refractivity contribution in [1.29, 1.82) is 5.26 Å². The summed E-state index contributed by atoms with van der Waals surface area (Å²) in [4.78, 5) is 4.03. The Balaban J connectivity index is 1.95. The minimum absolute atomic E-state index is 0.386. The first kappa shape index (κ1) is 11.9. The van der Waals surface area contributed by atoms with E-state index in [-0.39, 0.29) is 0 Å². The Morgan fingerprint density at radius 2 is 2.00 bits per heavy atom. The summed E-state index contributed by atoms with van der Waals surface area (Å²) in [6.07, 6.45) is 5.29. The normalized spacial score (nSPS) is 10.2. The van der Waals surface area contributed by atoms with E-state index in [0.29, 0.717) is 5.69 Å². The lowest BCUT2D eigenvalue weighted by Crippen LogP contribution is -1.95. The summed E-state index contributed by atoms with van der Waals surface area (Å²) in [6, 6.07) is 13.1. The van der Waals surface area contributed by atoms with E-state index >= 15 is 0 Å². The molecule has 0 unspecified atom stereocenters. The number of nitriles is 1. The standard InChI is InChI=1S/C15H11N5/c16-7-14-4-5-15(9-18-14)20-10-12(8-19-20)11-2-1-3-13(17)6-11/h1-6,8-10H,17H2. The van der Waals surface area contributed by atoms with Crippen molar-refractivity contribution in [2.45, 2.75) is 0 Å². The van der Waals surface area contributed by atoms with Gasteiger partial charge in [0.25, 0.3) is 0 Å². The van der Waals surface area contributed by atoms with Crippen LogP contribution in [0.2, 0.25) is 0 Å². The van der Waals surface area contributed by atoms with E-state index in [9.17, 15) is 0 Å². The van der Waals surface area contributed by atoms with E-state index in [1.54, 1.807) is 23.1 Å². The molecule has 0 spiro atoms. The van der Waals surface area contributed by atoms with Gasteiger partial charge in [0.1, 0.15) is 11.8 Å². The van der Waals surface area contributed by atoms with Crippen molar-refractivity contribution in [2.24, 2.45) is 0 Å². The molecule has 0 fully saturated rings. The van der Waals surface area contributed by atoms with Crippen molar-refractivity contribution in [2.75, 3.05) is 5.73 Å². The van der Waals surface area contributed by atoms with Gasteiger partial charge in [-0.15, -0.1) is 0 Å². The molecule has 0 saturated carbocycles. The average Bonchev–Trinajstić information content (AvgIpc) is 2.97. The van der Waals surface area contributed by atoms with Crippen LogP contribution >= 0.6 is 0 Å². The summed E-state index contributed by atoms with van der Waals surface area (Å²) in [6.45, 7) is 0. The molecule has 0 aliphatic rings. The second-order valence-corrected chi connectivity index (χ2v) is 4.31. The third kappa shape index (κ3) is 2.22. The highest BCUT2D eigenvalue weighted by Gasteiger charge is 2.04. The lowest BCUT2D eigenvalue weighted by molar-refractivity contribution is 0.873. The van der Waals surface area contributed by atoms with Crippen molar-refractivity contribution in [3.63, 3.8) is 0 Å². The second-order valence-electron chi connectivity index (χ2n) is 4.31. The first-order valence-corrected chi connectivity index (χ1v) is 6.03. The van der Waals surface area contributed by atoms with E-state index < -0.39 is 0 Å². The SMILES string of the molecule is N#Cc1ccc(-n2cc(-c3cccc(N)c3)cn2)cn1. The van der Waals surface area contributed by atoms with Crippen LogP contribution in [0.15, 0.2) is 55.0 Å². The van der Waals surface area contributed by atoms with Crippen LogP contribution in [0.1, 0.15) is 5.69 Å². The Bertz CT molecular complexity index is 781. The number of nitrogen functional groups attached to an aromatic ring is 1. The van der Waals surface area contributed by atoms with Gasteiger partial charge >= 0.3 is 0 Å². The molecule has 0 radical (unpaired) electrons. The van der Waals surface area contributed by atoms with Crippen LogP contribution < -0.4 is 5.73 Å². The number of pyridine rings is 1. The molecule has 96 valence electrons. The van der Waals surface area contributed by atoms with Gasteiger partial charge in [-0.25, -0.2) is 9.67 Å². The quantitative estimate of drug-likeness (QED) is 0.718. The lowest BCUT2D eigenvalue weighted by atomic mass is 10.1. The molecular weight excluding hydrogens is 250 g/mol. The molecule has 2 aromatic heterocycles. The largest absolute Gasteiger partial charge is 0.399 e. The van der Waals surface area contributed by atoms with Crippen LogP contribution in [0.25, 0.3) is 16.8 Å². The predicted octanol–water partition coefficient (Wildman–Crippen LogP) is 2.39. The first-order valence-electron chi connectivity index (χ1n) is 6.03. The fourth-order valence-electron chi connectivity index (χ4n) is 1.92. The third-order valence-corrected chi connectivity index (χ3v) is 2.93. The number of hydrogen-bond acceptors (Lipinski definition) is 4. The van der Waals surface area contributed by atoms with Crippen LogP contribution in [0.4, 0.5) is 5.69 Å². The molecule has 0 aliphatic heterocycles. The molecule has 3 aromatic rings. The molecule has 20 heavy (non-hydrogen) atoms. The van der Waals surface area contributed by atoms with Crippen molar-refractivity contribution < 1.29 is 0 Å². The van der Waals surface area contributed by atoms with E-state index in [4.69, 9.17) is 11.0 Å². The molecule has 5 heteroatoms. The Morgan fingerprint density at radius 3 is 2.70 bits per heavy atom. The van der Waals surface area contributed by atoms with E-state index in [0.717, 1.165) is 22.5 Å². The Labute approximate surface area is 115 Å². The molecule has 2 N–H and O–H groups in total. The molecule has 0 aliphatic carbocycles. The molecule has 2 heterocycles. The second kappa shape index (κ2) is 4.86. The maximum atomic E-state index is 8.73. The van der Waals surface area contributed by atoms with Crippen molar-refractivity contribution >= 4 is 5.69 Å². The summed E-state index contributed by atoms with van der Waals surface area (Å²) in [5.74, 6) is 0. The zero-order valence-electron chi connectivity index (χ0n) is 10.6. The number of rotatable bonds is 2. The predicted molar refractivity (Wildman–Crippen MR) is 75.9 cm³/mol. The number of benzene rings is 1. The number of nitrogens with two attached hydrogens (primary N) is 1. The molecule has 5 nitrogen and oxygen atoms in total. The first-order chi connectivity index (χ1) is 9.76. The number of nitrogens with zero attached hydrogens (tertiary/aromatic N) is 4. The maximum absolute atomic E-state index is 8.73. The maximum Gasteiger partial charge on any atom is 0.140 e. The Hall–Kier alpha value is -3.13. The summed E-state index contributed by atoms with van der Waals surface area (Å²) in [7, 11) is 0. The van der Waals surface area contributed by atoms with Crippen LogP contribution in [0.5, 0.6) is 0 Å². The molecular formula is C15H11N5. The van der Waals surface area contributed by atoms with Gasteiger partial charge in [0.05, 0.1) is 18.1 Å².